The van der Waals surface area contributed by atoms with Crippen molar-refractivity contribution in [2.45, 2.75) is 18.8 Å². The molecule has 2 heterocycles. The molecule has 1 unspecified atom stereocenters. The molecule has 0 amide bonds. The summed E-state index contributed by atoms with van der Waals surface area (Å²) in [5, 5.41) is 10.5. The summed E-state index contributed by atoms with van der Waals surface area (Å²) in [6.07, 6.45) is 1.14. The van der Waals surface area contributed by atoms with Gasteiger partial charge in [0.15, 0.2) is 5.37 Å². The van der Waals surface area contributed by atoms with Crippen molar-refractivity contribution in [1.29, 1.82) is 0 Å². The Morgan fingerprint density at radius 2 is 1.96 bits per heavy atom. The van der Waals surface area contributed by atoms with Crippen LogP contribution >= 0.6 is 0 Å². The van der Waals surface area contributed by atoms with E-state index in [0.717, 1.165) is 12.3 Å². The number of benzene rings is 1. The number of carboxylic acid groups (broad SMARTS) is 1. The first-order valence-electron chi connectivity index (χ1n) is 8.66. The lowest BCUT2D eigenvalue weighted by Gasteiger charge is -2.33. The van der Waals surface area contributed by atoms with E-state index >= 15 is 0 Å². The van der Waals surface area contributed by atoms with Crippen molar-refractivity contribution in [3.63, 3.8) is 0 Å². The van der Waals surface area contributed by atoms with E-state index in [2.05, 4.69) is 5.32 Å². The Morgan fingerprint density at radius 3 is 2.50 bits per heavy atom. The van der Waals surface area contributed by atoms with Gasteiger partial charge in [0.2, 0.25) is 5.43 Å². The van der Waals surface area contributed by atoms with Gasteiger partial charge >= 0.3 is 5.97 Å². The summed E-state index contributed by atoms with van der Waals surface area (Å²) in [7, 11) is -4.68. The van der Waals surface area contributed by atoms with Crippen LogP contribution in [0, 0.1) is 5.82 Å². The molecule has 0 bridgehead atoms. The topological polar surface area (TPSA) is 129 Å². The van der Waals surface area contributed by atoms with Crippen LogP contribution in [0.15, 0.2) is 23.1 Å². The van der Waals surface area contributed by atoms with Gasteiger partial charge in [0, 0.05) is 49.9 Å². The van der Waals surface area contributed by atoms with E-state index < -0.39 is 38.3 Å². The fourth-order valence-electron chi connectivity index (χ4n) is 3.49. The van der Waals surface area contributed by atoms with Crippen LogP contribution in [0.3, 0.4) is 0 Å². The number of hydrogen-bond acceptors (Lipinski definition) is 6. The normalized spacial score (nSPS) is 17.0. The van der Waals surface area contributed by atoms with Crippen molar-refractivity contribution in [2.24, 2.45) is 0 Å². The summed E-state index contributed by atoms with van der Waals surface area (Å²) in [5.41, 5.74) is -1.46. The van der Waals surface area contributed by atoms with Gasteiger partial charge in [0.05, 0.1) is 5.52 Å². The average Bonchev–Trinajstić information content (AvgIpc) is 2.63. The van der Waals surface area contributed by atoms with Gasteiger partial charge in [-0.2, -0.15) is 8.42 Å². The molecule has 1 saturated heterocycles. The Morgan fingerprint density at radius 1 is 1.32 bits per heavy atom. The first-order chi connectivity index (χ1) is 13.1. The first-order valence-corrected chi connectivity index (χ1v) is 10.2. The Balaban J connectivity index is 2.29. The molecule has 9 nitrogen and oxygen atoms in total. The second-order valence-corrected chi connectivity index (χ2v) is 7.98. The highest BCUT2D eigenvalue weighted by Crippen LogP contribution is 2.31. The minimum atomic E-state index is -4.68. The molecule has 1 aliphatic heterocycles. The molecule has 1 aliphatic rings. The molecule has 1 aromatic heterocycles. The number of pyridine rings is 1. The number of nitrogens with zero attached hydrogens (tertiary/aromatic N) is 2. The molecule has 3 rings (SSSR count). The van der Waals surface area contributed by atoms with Gasteiger partial charge in [-0.15, -0.1) is 0 Å². The van der Waals surface area contributed by atoms with Crippen LogP contribution in [0.2, 0.25) is 0 Å². The summed E-state index contributed by atoms with van der Waals surface area (Å²) < 4.78 is 50.2. The van der Waals surface area contributed by atoms with E-state index in [1.165, 1.54) is 15.5 Å². The summed E-state index contributed by atoms with van der Waals surface area (Å²) >= 11 is 0. The summed E-state index contributed by atoms with van der Waals surface area (Å²) in [6, 6.07) is 2.04. The van der Waals surface area contributed by atoms with Crippen LogP contribution in [-0.2, 0) is 16.7 Å². The fourth-order valence-corrected chi connectivity index (χ4v) is 4.58. The lowest BCUT2D eigenvalue weighted by atomic mass is 10.1. The minimum absolute atomic E-state index is 0.169. The lowest BCUT2D eigenvalue weighted by Crippen LogP contribution is -2.47. The highest BCUT2D eigenvalue weighted by molar-refractivity contribution is 7.86. The predicted molar refractivity (Wildman–Crippen MR) is 99.5 cm³/mol. The number of aromatic nitrogens is 1. The van der Waals surface area contributed by atoms with Gasteiger partial charge in [-0.05, 0) is 19.1 Å². The van der Waals surface area contributed by atoms with Crippen molar-refractivity contribution in [3.05, 3.63) is 45.5 Å². The number of aromatic carboxylic acids is 1. The maximum Gasteiger partial charge on any atom is 0.341 e. The number of carboxylic acids is 1. The van der Waals surface area contributed by atoms with Gasteiger partial charge in [0.25, 0.3) is 10.1 Å². The molecule has 0 spiro atoms. The number of rotatable bonds is 5. The molecule has 0 aliphatic carbocycles. The van der Waals surface area contributed by atoms with Gasteiger partial charge in [-0.3, -0.25) is 14.2 Å². The quantitative estimate of drug-likeness (QED) is 0.610. The molecule has 1 atom stereocenters. The number of nitrogens with one attached hydrogen (secondary N) is 1. The molecule has 152 valence electrons. The Hall–Kier alpha value is -2.34. The third-order valence-corrected chi connectivity index (χ3v) is 5.92. The zero-order valence-corrected chi connectivity index (χ0v) is 15.9. The highest BCUT2D eigenvalue weighted by atomic mass is 32.2. The van der Waals surface area contributed by atoms with E-state index in [1.54, 1.807) is 6.92 Å². The Kier molecular flexibility index (Phi) is 5.53. The molecule has 0 radical (unpaired) electrons. The predicted octanol–water partition coefficient (Wildman–Crippen LogP) is 0.650. The second kappa shape index (κ2) is 7.59. The first kappa shape index (κ1) is 20.4. The van der Waals surface area contributed by atoms with Gasteiger partial charge in [-0.1, -0.05) is 0 Å². The molecule has 3 N–H and O–H groups in total. The third kappa shape index (κ3) is 3.65. The third-order valence-electron chi connectivity index (χ3n) is 4.80. The van der Waals surface area contributed by atoms with Crippen molar-refractivity contribution in [1.82, 2.24) is 14.8 Å². The van der Waals surface area contributed by atoms with Crippen molar-refractivity contribution in [3.8, 4) is 0 Å². The molecule has 0 saturated carbocycles. The van der Waals surface area contributed by atoms with E-state index in [0.29, 0.717) is 13.1 Å². The van der Waals surface area contributed by atoms with Gasteiger partial charge in [-0.25, -0.2) is 9.18 Å². The number of hydrogen-bond donors (Lipinski definition) is 3. The monoisotopic (exact) mass is 413 g/mol. The Labute approximate surface area is 160 Å². The number of piperazine rings is 1. The Bertz CT molecular complexity index is 1090. The van der Waals surface area contributed by atoms with Gasteiger partial charge < -0.3 is 15.0 Å². The highest BCUT2D eigenvalue weighted by Gasteiger charge is 2.35. The van der Waals surface area contributed by atoms with Crippen LogP contribution in [-0.4, -0.2) is 59.7 Å². The standard InChI is InChI=1S/C17H20FN3O6S/c1-2-20-9-12(17(23)24)15(22)11-7-13(18)10(8-14(11)20)16(28(25,26)27)21-5-3-19-4-6-21/h7-9,16,19H,2-6H2,1H3,(H,23,24)(H,25,26,27). The molecule has 1 fully saturated rings. The summed E-state index contributed by atoms with van der Waals surface area (Å²) in [5.74, 6) is -2.44. The van der Waals surface area contributed by atoms with E-state index in [1.807, 2.05) is 0 Å². The fraction of sp³-hybridized carbons (Fsp3) is 0.412. The van der Waals surface area contributed by atoms with E-state index in [-0.39, 0.29) is 36.1 Å². The average molecular weight is 413 g/mol. The van der Waals surface area contributed by atoms with Crippen LogP contribution in [0.4, 0.5) is 4.39 Å². The van der Waals surface area contributed by atoms with E-state index in [9.17, 15) is 32.1 Å². The van der Waals surface area contributed by atoms with Crippen LogP contribution in [0.25, 0.3) is 10.9 Å². The SMILES string of the molecule is CCn1cc(C(=O)O)c(=O)c2cc(F)c(C(N3CCNCC3)S(=O)(=O)O)cc21. The molecular weight excluding hydrogens is 393 g/mol. The number of carbonyl (C=O) groups is 1. The largest absolute Gasteiger partial charge is 0.477 e. The molecule has 11 heteroatoms. The number of aryl methyl sites for hydroxylation is 1. The molecule has 28 heavy (non-hydrogen) atoms. The molecule has 1 aromatic carbocycles. The van der Waals surface area contributed by atoms with Crippen LogP contribution in [0.1, 0.15) is 28.2 Å². The zero-order valence-electron chi connectivity index (χ0n) is 15.1. The minimum Gasteiger partial charge on any atom is -0.477 e. The maximum absolute atomic E-state index is 14.9. The molecule has 2 aromatic rings. The lowest BCUT2D eigenvalue weighted by molar-refractivity contribution is 0.0695. The van der Waals surface area contributed by atoms with E-state index in [4.69, 9.17) is 0 Å². The summed E-state index contributed by atoms with van der Waals surface area (Å²) in [6.45, 7) is 3.48. The smallest absolute Gasteiger partial charge is 0.341 e. The number of fused-ring (bicyclic) bond motifs is 1. The number of halogens is 1. The summed E-state index contributed by atoms with van der Waals surface area (Å²) in [4.78, 5) is 25.2. The van der Waals surface area contributed by atoms with Crippen molar-refractivity contribution in [2.75, 3.05) is 26.2 Å². The second-order valence-electron chi connectivity index (χ2n) is 6.51. The van der Waals surface area contributed by atoms with Gasteiger partial charge in [0.1, 0.15) is 11.4 Å². The molecular formula is C17H20FN3O6S. The maximum atomic E-state index is 14.9. The zero-order chi connectivity index (χ0) is 20.6. The van der Waals surface area contributed by atoms with Crippen molar-refractivity contribution >= 4 is 27.0 Å². The van der Waals surface area contributed by atoms with Crippen molar-refractivity contribution < 1.29 is 27.3 Å². The van der Waals surface area contributed by atoms with Crippen LogP contribution < -0.4 is 10.7 Å². The van der Waals surface area contributed by atoms with Crippen LogP contribution in [0.5, 0.6) is 0 Å².